The van der Waals surface area contributed by atoms with Gasteiger partial charge in [-0.2, -0.15) is 0 Å². The summed E-state index contributed by atoms with van der Waals surface area (Å²) in [5.74, 6) is 1.76. The van der Waals surface area contributed by atoms with Crippen molar-refractivity contribution in [2.75, 3.05) is 26.2 Å². The quantitative estimate of drug-likeness (QED) is 0.866. The van der Waals surface area contributed by atoms with Crippen molar-refractivity contribution in [2.45, 2.75) is 45.1 Å². The molecule has 4 heteroatoms. The Balaban J connectivity index is 1.33. The Morgan fingerprint density at radius 1 is 1.25 bits per heavy atom. The molecule has 0 spiro atoms. The van der Waals surface area contributed by atoms with Crippen LogP contribution in [0.5, 0.6) is 0 Å². The maximum absolute atomic E-state index is 12.0. The molecule has 2 aliphatic rings. The number of nitrogens with zero attached hydrogens (tertiary/aromatic N) is 1. The molecule has 1 aliphatic carbocycles. The summed E-state index contributed by atoms with van der Waals surface area (Å²) in [6.45, 7) is 7.37. The third-order valence-corrected chi connectivity index (χ3v) is 5.10. The second-order valence-corrected chi connectivity index (χ2v) is 7.67. The van der Waals surface area contributed by atoms with Gasteiger partial charge in [0.2, 0.25) is 0 Å². The summed E-state index contributed by atoms with van der Waals surface area (Å²) in [5, 5.41) is 3.72. The van der Waals surface area contributed by atoms with Crippen molar-refractivity contribution in [1.29, 1.82) is 0 Å². The Labute approximate surface area is 145 Å². The number of piperidine rings is 1. The standard InChI is InChI=1S/C20H30N2O2/c1-15(2)14-24-20(23)22-10-8-16(9-11-22)13-21-19-12-18(19)17-6-4-3-5-7-17/h3-7,15-16,18-19,21H,8-14H2,1-2H3. The summed E-state index contributed by atoms with van der Waals surface area (Å²) < 4.78 is 5.32. The summed E-state index contributed by atoms with van der Waals surface area (Å²) >= 11 is 0. The third-order valence-electron chi connectivity index (χ3n) is 5.10. The van der Waals surface area contributed by atoms with Crippen molar-refractivity contribution < 1.29 is 9.53 Å². The number of hydrogen-bond acceptors (Lipinski definition) is 3. The van der Waals surface area contributed by atoms with Crippen LogP contribution in [0.4, 0.5) is 4.79 Å². The number of rotatable bonds is 6. The summed E-state index contributed by atoms with van der Waals surface area (Å²) in [6.07, 6.45) is 3.27. The molecule has 1 N–H and O–H groups in total. The number of likely N-dealkylation sites (tertiary alicyclic amines) is 1. The van der Waals surface area contributed by atoms with Gasteiger partial charge in [0.05, 0.1) is 6.61 Å². The lowest BCUT2D eigenvalue weighted by atomic mass is 9.97. The second-order valence-electron chi connectivity index (χ2n) is 7.67. The SMILES string of the molecule is CC(C)COC(=O)N1CCC(CNC2CC2c2ccccc2)CC1. The van der Waals surface area contributed by atoms with Crippen molar-refractivity contribution in [3.63, 3.8) is 0 Å². The molecule has 1 aromatic carbocycles. The lowest BCUT2D eigenvalue weighted by Gasteiger charge is -2.31. The van der Waals surface area contributed by atoms with Gasteiger partial charge < -0.3 is 15.0 Å². The third kappa shape index (κ3) is 4.73. The Morgan fingerprint density at radius 2 is 1.96 bits per heavy atom. The Morgan fingerprint density at radius 3 is 2.62 bits per heavy atom. The van der Waals surface area contributed by atoms with E-state index in [9.17, 15) is 4.79 Å². The van der Waals surface area contributed by atoms with Gasteiger partial charge in [0.25, 0.3) is 0 Å². The van der Waals surface area contributed by atoms with Crippen LogP contribution in [0.1, 0.15) is 44.6 Å². The second kappa shape index (κ2) is 8.02. The summed E-state index contributed by atoms with van der Waals surface area (Å²) in [6, 6.07) is 11.4. The molecule has 1 saturated heterocycles. The van der Waals surface area contributed by atoms with Crippen molar-refractivity contribution >= 4 is 6.09 Å². The molecule has 3 rings (SSSR count). The van der Waals surface area contributed by atoms with Crippen LogP contribution >= 0.6 is 0 Å². The molecule has 1 aromatic rings. The Hall–Kier alpha value is -1.55. The van der Waals surface area contributed by atoms with Crippen LogP contribution in [0.15, 0.2) is 30.3 Å². The predicted octanol–water partition coefficient (Wildman–Crippen LogP) is 3.64. The Kier molecular flexibility index (Phi) is 5.77. The minimum atomic E-state index is -0.138. The molecular weight excluding hydrogens is 300 g/mol. The number of carbonyl (C=O) groups excluding carboxylic acids is 1. The lowest BCUT2D eigenvalue weighted by Crippen LogP contribution is -2.41. The number of ether oxygens (including phenoxy) is 1. The zero-order valence-corrected chi connectivity index (χ0v) is 14.9. The van der Waals surface area contributed by atoms with E-state index in [-0.39, 0.29) is 6.09 Å². The summed E-state index contributed by atoms with van der Waals surface area (Å²) in [5.41, 5.74) is 1.46. The van der Waals surface area contributed by atoms with Crippen LogP contribution in [0.3, 0.4) is 0 Å². The van der Waals surface area contributed by atoms with E-state index in [0.29, 0.717) is 30.4 Å². The van der Waals surface area contributed by atoms with Gasteiger partial charge in [-0.1, -0.05) is 44.2 Å². The van der Waals surface area contributed by atoms with E-state index in [1.165, 1.54) is 12.0 Å². The van der Waals surface area contributed by atoms with E-state index in [0.717, 1.165) is 32.5 Å². The average Bonchev–Trinajstić information content (AvgIpc) is 3.39. The molecule has 132 valence electrons. The van der Waals surface area contributed by atoms with Crippen LogP contribution in [0.25, 0.3) is 0 Å². The highest BCUT2D eigenvalue weighted by atomic mass is 16.6. The molecule has 1 heterocycles. The average molecular weight is 330 g/mol. The van der Waals surface area contributed by atoms with Crippen LogP contribution in [-0.4, -0.2) is 43.3 Å². The van der Waals surface area contributed by atoms with Gasteiger partial charge in [-0.25, -0.2) is 4.79 Å². The van der Waals surface area contributed by atoms with Gasteiger partial charge in [0.15, 0.2) is 0 Å². The number of hydrogen-bond donors (Lipinski definition) is 1. The first kappa shape index (κ1) is 17.3. The van der Waals surface area contributed by atoms with Gasteiger partial charge in [0.1, 0.15) is 0 Å². The minimum Gasteiger partial charge on any atom is -0.449 e. The van der Waals surface area contributed by atoms with Gasteiger partial charge >= 0.3 is 6.09 Å². The van der Waals surface area contributed by atoms with E-state index in [4.69, 9.17) is 4.74 Å². The highest BCUT2D eigenvalue weighted by Crippen LogP contribution is 2.40. The van der Waals surface area contributed by atoms with Crippen LogP contribution in [0.2, 0.25) is 0 Å². The first-order valence-electron chi connectivity index (χ1n) is 9.33. The number of benzene rings is 1. The molecule has 24 heavy (non-hydrogen) atoms. The van der Waals surface area contributed by atoms with Crippen molar-refractivity contribution in [1.82, 2.24) is 10.2 Å². The molecule has 2 fully saturated rings. The lowest BCUT2D eigenvalue weighted by molar-refractivity contribution is 0.0789. The first-order chi connectivity index (χ1) is 11.6. The van der Waals surface area contributed by atoms with Crippen LogP contribution < -0.4 is 5.32 Å². The molecule has 2 unspecified atom stereocenters. The normalized spacial score (nSPS) is 24.2. The molecule has 1 amide bonds. The number of nitrogens with one attached hydrogen (secondary N) is 1. The monoisotopic (exact) mass is 330 g/mol. The van der Waals surface area contributed by atoms with E-state index in [1.807, 2.05) is 4.90 Å². The molecular formula is C20H30N2O2. The molecule has 0 bridgehead atoms. The molecule has 1 aliphatic heterocycles. The summed E-state index contributed by atoms with van der Waals surface area (Å²) in [7, 11) is 0. The van der Waals surface area contributed by atoms with Crippen LogP contribution in [0, 0.1) is 11.8 Å². The molecule has 0 radical (unpaired) electrons. The van der Waals surface area contributed by atoms with Crippen molar-refractivity contribution in [3.05, 3.63) is 35.9 Å². The van der Waals surface area contributed by atoms with Crippen molar-refractivity contribution in [3.8, 4) is 0 Å². The van der Waals surface area contributed by atoms with Gasteiger partial charge in [-0.05, 0) is 43.2 Å². The zero-order chi connectivity index (χ0) is 16.9. The summed E-state index contributed by atoms with van der Waals surface area (Å²) in [4.78, 5) is 13.8. The fourth-order valence-corrected chi connectivity index (χ4v) is 3.46. The molecule has 0 aromatic heterocycles. The molecule has 1 saturated carbocycles. The van der Waals surface area contributed by atoms with E-state index in [2.05, 4.69) is 49.5 Å². The molecule has 4 nitrogen and oxygen atoms in total. The highest BCUT2D eigenvalue weighted by Gasteiger charge is 2.38. The number of amides is 1. The largest absolute Gasteiger partial charge is 0.449 e. The smallest absolute Gasteiger partial charge is 0.409 e. The van der Waals surface area contributed by atoms with Crippen LogP contribution in [-0.2, 0) is 4.74 Å². The van der Waals surface area contributed by atoms with E-state index < -0.39 is 0 Å². The predicted molar refractivity (Wildman–Crippen MR) is 96.1 cm³/mol. The first-order valence-corrected chi connectivity index (χ1v) is 9.33. The van der Waals surface area contributed by atoms with E-state index >= 15 is 0 Å². The van der Waals surface area contributed by atoms with Crippen molar-refractivity contribution in [2.24, 2.45) is 11.8 Å². The van der Waals surface area contributed by atoms with Gasteiger partial charge in [-0.15, -0.1) is 0 Å². The van der Waals surface area contributed by atoms with Gasteiger partial charge in [-0.3, -0.25) is 0 Å². The zero-order valence-electron chi connectivity index (χ0n) is 14.9. The molecule has 2 atom stereocenters. The highest BCUT2D eigenvalue weighted by molar-refractivity contribution is 5.67. The Bertz CT molecular complexity index is 524. The fourth-order valence-electron chi connectivity index (χ4n) is 3.46. The van der Waals surface area contributed by atoms with Gasteiger partial charge in [0, 0.05) is 25.0 Å². The fraction of sp³-hybridized carbons (Fsp3) is 0.650. The van der Waals surface area contributed by atoms with E-state index in [1.54, 1.807) is 0 Å². The maximum atomic E-state index is 12.0. The topological polar surface area (TPSA) is 41.6 Å². The number of carbonyl (C=O) groups is 1. The minimum absolute atomic E-state index is 0.138. The maximum Gasteiger partial charge on any atom is 0.409 e.